The first-order chi connectivity index (χ1) is 8.09. The second-order valence-corrected chi connectivity index (χ2v) is 5.06. The molecule has 4 nitrogen and oxygen atoms in total. The second-order valence-electron chi connectivity index (χ2n) is 5.06. The van der Waals surface area contributed by atoms with Gasteiger partial charge in [0.2, 0.25) is 0 Å². The molecule has 3 rings (SSSR count). The molecule has 1 aromatic rings. The number of ether oxygens (including phenoxy) is 1. The van der Waals surface area contributed by atoms with Crippen molar-refractivity contribution in [3.63, 3.8) is 0 Å². The lowest BCUT2D eigenvalue weighted by Gasteiger charge is -2.10. The molecule has 0 aromatic heterocycles. The van der Waals surface area contributed by atoms with Crippen molar-refractivity contribution in [1.82, 2.24) is 0 Å². The Morgan fingerprint density at radius 3 is 2.53 bits per heavy atom. The summed E-state index contributed by atoms with van der Waals surface area (Å²) in [5.74, 6) is 0.697. The summed E-state index contributed by atoms with van der Waals surface area (Å²) in [7, 11) is 0. The molecular formula is C13H15NO3. The van der Waals surface area contributed by atoms with Crippen LogP contribution in [0.3, 0.4) is 0 Å². The van der Waals surface area contributed by atoms with E-state index in [9.17, 15) is 4.79 Å². The van der Waals surface area contributed by atoms with E-state index in [2.05, 4.69) is 0 Å². The van der Waals surface area contributed by atoms with Gasteiger partial charge < -0.3 is 15.6 Å². The maximum absolute atomic E-state index is 10.6. The summed E-state index contributed by atoms with van der Waals surface area (Å²) in [6.07, 6.45) is 2.74. The van der Waals surface area contributed by atoms with Crippen LogP contribution in [-0.4, -0.2) is 22.7 Å². The van der Waals surface area contributed by atoms with Crippen LogP contribution in [0.1, 0.15) is 18.4 Å². The summed E-state index contributed by atoms with van der Waals surface area (Å²) in [6.45, 7) is 0. The SMILES string of the molecule is NC(Cc1ccc(OC23CC2C3)cc1)C(=O)O. The summed E-state index contributed by atoms with van der Waals surface area (Å²) < 4.78 is 5.85. The number of fused-ring (bicyclic) bond motifs is 1. The smallest absolute Gasteiger partial charge is 0.320 e. The lowest BCUT2D eigenvalue weighted by Crippen LogP contribution is -2.32. The molecule has 0 saturated heterocycles. The first-order valence-corrected chi connectivity index (χ1v) is 5.85. The lowest BCUT2D eigenvalue weighted by atomic mass is 10.1. The monoisotopic (exact) mass is 233 g/mol. The molecule has 4 heteroatoms. The highest BCUT2D eigenvalue weighted by Gasteiger charge is 2.73. The number of hydrogen-bond acceptors (Lipinski definition) is 3. The highest BCUT2D eigenvalue weighted by Crippen LogP contribution is 2.68. The van der Waals surface area contributed by atoms with Crippen molar-refractivity contribution in [1.29, 1.82) is 0 Å². The maximum Gasteiger partial charge on any atom is 0.320 e. The van der Waals surface area contributed by atoms with E-state index in [4.69, 9.17) is 15.6 Å². The quantitative estimate of drug-likeness (QED) is 0.801. The second kappa shape index (κ2) is 3.47. The fourth-order valence-corrected chi connectivity index (χ4v) is 2.09. The molecule has 2 fully saturated rings. The average Bonchev–Trinajstić information content (AvgIpc) is 3.10. The van der Waals surface area contributed by atoms with Crippen LogP contribution in [-0.2, 0) is 11.2 Å². The molecule has 1 unspecified atom stereocenters. The van der Waals surface area contributed by atoms with E-state index in [1.54, 1.807) is 0 Å². The van der Waals surface area contributed by atoms with Gasteiger partial charge in [-0.2, -0.15) is 0 Å². The minimum absolute atomic E-state index is 0.180. The third-order valence-electron chi connectivity index (χ3n) is 3.62. The van der Waals surface area contributed by atoms with E-state index in [-0.39, 0.29) is 5.60 Å². The van der Waals surface area contributed by atoms with Crippen molar-refractivity contribution in [3.05, 3.63) is 29.8 Å². The van der Waals surface area contributed by atoms with E-state index >= 15 is 0 Å². The van der Waals surface area contributed by atoms with Gasteiger partial charge in [-0.05, 0) is 37.0 Å². The standard InChI is InChI=1S/C13H15NO3/c14-11(12(15)16)5-8-1-3-10(4-2-8)17-13-6-9(13)7-13/h1-4,9,11H,5-7,14H2,(H,15,16). The number of carboxylic acid groups (broad SMARTS) is 1. The Bertz CT molecular complexity index is 448. The number of carbonyl (C=O) groups is 1. The van der Waals surface area contributed by atoms with Crippen molar-refractivity contribution in [2.75, 3.05) is 0 Å². The largest absolute Gasteiger partial charge is 0.487 e. The molecule has 3 N–H and O–H groups in total. The van der Waals surface area contributed by atoms with Crippen molar-refractivity contribution in [2.45, 2.75) is 30.9 Å². The van der Waals surface area contributed by atoms with E-state index in [0.29, 0.717) is 6.42 Å². The Kier molecular flexibility index (Phi) is 2.16. The summed E-state index contributed by atoms with van der Waals surface area (Å²) in [4.78, 5) is 10.6. The van der Waals surface area contributed by atoms with Crippen LogP contribution < -0.4 is 10.5 Å². The first kappa shape index (κ1) is 10.6. The number of aliphatic carboxylic acids is 1. The zero-order valence-electron chi connectivity index (χ0n) is 9.43. The van der Waals surface area contributed by atoms with Crippen LogP contribution in [0.4, 0.5) is 0 Å². The number of hydrogen-bond donors (Lipinski definition) is 2. The van der Waals surface area contributed by atoms with E-state index < -0.39 is 12.0 Å². The van der Waals surface area contributed by atoms with Gasteiger partial charge in [0, 0.05) is 5.92 Å². The van der Waals surface area contributed by atoms with Gasteiger partial charge in [-0.3, -0.25) is 4.79 Å². The topological polar surface area (TPSA) is 72.5 Å². The maximum atomic E-state index is 10.6. The van der Waals surface area contributed by atoms with Gasteiger partial charge in [0.25, 0.3) is 0 Å². The number of carboxylic acids is 1. The minimum Gasteiger partial charge on any atom is -0.487 e. The minimum atomic E-state index is -0.969. The molecule has 1 atom stereocenters. The van der Waals surface area contributed by atoms with Crippen molar-refractivity contribution >= 4 is 5.97 Å². The molecule has 2 aliphatic carbocycles. The normalized spacial score (nSPS) is 30.3. The Morgan fingerprint density at radius 2 is 2.06 bits per heavy atom. The summed E-state index contributed by atoms with van der Waals surface area (Å²) in [5, 5.41) is 8.71. The van der Waals surface area contributed by atoms with Crippen LogP contribution in [0.25, 0.3) is 0 Å². The van der Waals surface area contributed by atoms with Gasteiger partial charge >= 0.3 is 5.97 Å². The Morgan fingerprint density at radius 1 is 1.47 bits per heavy atom. The molecular weight excluding hydrogens is 218 g/mol. The zero-order chi connectivity index (χ0) is 12.0. The van der Waals surface area contributed by atoms with E-state index in [0.717, 1.165) is 17.2 Å². The van der Waals surface area contributed by atoms with Gasteiger partial charge in [0.1, 0.15) is 17.4 Å². The van der Waals surface area contributed by atoms with Crippen LogP contribution in [0, 0.1) is 5.92 Å². The molecule has 0 aliphatic heterocycles. The molecule has 2 aliphatic rings. The fourth-order valence-electron chi connectivity index (χ4n) is 2.09. The third kappa shape index (κ3) is 2.00. The molecule has 0 bridgehead atoms. The average molecular weight is 233 g/mol. The van der Waals surface area contributed by atoms with Gasteiger partial charge in [-0.15, -0.1) is 0 Å². The molecule has 0 amide bonds. The molecule has 0 radical (unpaired) electrons. The summed E-state index contributed by atoms with van der Waals surface area (Å²) >= 11 is 0. The van der Waals surface area contributed by atoms with Crippen LogP contribution in [0.15, 0.2) is 24.3 Å². The van der Waals surface area contributed by atoms with Crippen molar-refractivity contribution in [3.8, 4) is 5.75 Å². The molecule has 1 aromatic carbocycles. The highest BCUT2D eigenvalue weighted by atomic mass is 16.5. The van der Waals surface area contributed by atoms with Gasteiger partial charge in [0.05, 0.1) is 0 Å². The molecule has 0 heterocycles. The first-order valence-electron chi connectivity index (χ1n) is 5.85. The third-order valence-corrected chi connectivity index (χ3v) is 3.62. The van der Waals surface area contributed by atoms with E-state index in [1.807, 2.05) is 24.3 Å². The highest BCUT2D eigenvalue weighted by molar-refractivity contribution is 5.73. The van der Waals surface area contributed by atoms with Crippen LogP contribution in [0.5, 0.6) is 5.75 Å². The predicted octanol–water partition coefficient (Wildman–Crippen LogP) is 1.18. The molecule has 2 saturated carbocycles. The van der Waals surface area contributed by atoms with E-state index in [1.165, 1.54) is 12.8 Å². The number of nitrogens with two attached hydrogens (primary N) is 1. The number of rotatable bonds is 5. The molecule has 0 spiro atoms. The van der Waals surface area contributed by atoms with Gasteiger partial charge in [0.15, 0.2) is 0 Å². The van der Waals surface area contributed by atoms with Crippen molar-refractivity contribution in [2.24, 2.45) is 11.7 Å². The van der Waals surface area contributed by atoms with Crippen LogP contribution in [0.2, 0.25) is 0 Å². The molecule has 90 valence electrons. The summed E-state index contributed by atoms with van der Waals surface area (Å²) in [5.41, 5.74) is 6.58. The zero-order valence-corrected chi connectivity index (χ0v) is 9.43. The van der Waals surface area contributed by atoms with Crippen LogP contribution >= 0.6 is 0 Å². The summed E-state index contributed by atoms with van der Waals surface area (Å²) in [6, 6.07) is 6.72. The number of benzene rings is 1. The molecule has 17 heavy (non-hydrogen) atoms. The Hall–Kier alpha value is -1.55. The fraction of sp³-hybridized carbons (Fsp3) is 0.462. The van der Waals surface area contributed by atoms with Gasteiger partial charge in [-0.1, -0.05) is 12.1 Å². The Balaban J connectivity index is 1.61. The lowest BCUT2D eigenvalue weighted by molar-refractivity contribution is -0.138. The predicted molar refractivity (Wildman–Crippen MR) is 61.8 cm³/mol. The van der Waals surface area contributed by atoms with Gasteiger partial charge in [-0.25, -0.2) is 0 Å². The van der Waals surface area contributed by atoms with Crippen molar-refractivity contribution < 1.29 is 14.6 Å². The Labute approximate surface area is 99.4 Å².